The van der Waals surface area contributed by atoms with Gasteiger partial charge in [-0.25, -0.2) is 0 Å². The number of carbonyl (C=O) groups is 2. The lowest BCUT2D eigenvalue weighted by Gasteiger charge is -2.35. The van der Waals surface area contributed by atoms with Crippen LogP contribution in [0.4, 0.5) is 0 Å². The lowest BCUT2D eigenvalue weighted by Crippen LogP contribution is -2.50. The lowest BCUT2D eigenvalue weighted by molar-refractivity contribution is -0.132. The molecular formula is C15H17Cl3N2O2. The smallest absolute Gasteiger partial charge is 0.254 e. The first-order chi connectivity index (χ1) is 10.5. The van der Waals surface area contributed by atoms with Gasteiger partial charge < -0.3 is 9.80 Å². The molecule has 2 rings (SSSR count). The molecule has 0 unspecified atom stereocenters. The number of benzene rings is 1. The number of hydrogen-bond acceptors (Lipinski definition) is 2. The second-order valence-electron chi connectivity index (χ2n) is 5.09. The van der Waals surface area contributed by atoms with Gasteiger partial charge in [-0.05, 0) is 24.6 Å². The Hall–Kier alpha value is -0.970. The highest BCUT2D eigenvalue weighted by Crippen LogP contribution is 2.23. The van der Waals surface area contributed by atoms with Crippen LogP contribution in [0.5, 0.6) is 0 Å². The number of alkyl halides is 1. The summed E-state index contributed by atoms with van der Waals surface area (Å²) in [6.45, 7) is 2.14. The molecule has 0 radical (unpaired) electrons. The van der Waals surface area contributed by atoms with E-state index in [1.165, 1.54) is 0 Å². The molecule has 1 heterocycles. The van der Waals surface area contributed by atoms with E-state index in [1.54, 1.807) is 28.0 Å². The Morgan fingerprint density at radius 2 is 1.64 bits per heavy atom. The molecule has 1 aromatic carbocycles. The van der Waals surface area contributed by atoms with Gasteiger partial charge in [0.1, 0.15) is 0 Å². The van der Waals surface area contributed by atoms with Crippen LogP contribution in [0.2, 0.25) is 10.0 Å². The zero-order chi connectivity index (χ0) is 16.1. The highest BCUT2D eigenvalue weighted by Gasteiger charge is 2.24. The van der Waals surface area contributed by atoms with E-state index in [2.05, 4.69) is 0 Å². The molecule has 0 saturated carbocycles. The summed E-state index contributed by atoms with van der Waals surface area (Å²) in [6, 6.07) is 4.85. The average molecular weight is 364 g/mol. The van der Waals surface area contributed by atoms with E-state index >= 15 is 0 Å². The third kappa shape index (κ3) is 4.28. The second-order valence-corrected chi connectivity index (χ2v) is 6.29. The molecule has 0 aliphatic carbocycles. The van der Waals surface area contributed by atoms with Crippen LogP contribution in [0.3, 0.4) is 0 Å². The van der Waals surface area contributed by atoms with Gasteiger partial charge >= 0.3 is 0 Å². The minimum absolute atomic E-state index is 0.0913. The van der Waals surface area contributed by atoms with Gasteiger partial charge in [-0.3, -0.25) is 9.59 Å². The zero-order valence-corrected chi connectivity index (χ0v) is 14.3. The Bertz CT molecular complexity index is 558. The van der Waals surface area contributed by atoms with Gasteiger partial charge in [0, 0.05) is 44.0 Å². The number of nitrogens with zero attached hydrogens (tertiary/aromatic N) is 2. The van der Waals surface area contributed by atoms with Crippen molar-refractivity contribution in [1.82, 2.24) is 9.80 Å². The highest BCUT2D eigenvalue weighted by atomic mass is 35.5. The van der Waals surface area contributed by atoms with Gasteiger partial charge in [-0.2, -0.15) is 0 Å². The number of hydrogen-bond donors (Lipinski definition) is 0. The van der Waals surface area contributed by atoms with E-state index in [0.29, 0.717) is 60.5 Å². The summed E-state index contributed by atoms with van der Waals surface area (Å²) < 4.78 is 0. The van der Waals surface area contributed by atoms with Gasteiger partial charge in [-0.1, -0.05) is 23.2 Å². The second kappa shape index (κ2) is 8.04. The van der Waals surface area contributed by atoms with Crippen molar-refractivity contribution in [3.8, 4) is 0 Å². The van der Waals surface area contributed by atoms with E-state index in [0.717, 1.165) is 0 Å². The average Bonchev–Trinajstić information content (AvgIpc) is 2.54. The highest BCUT2D eigenvalue weighted by molar-refractivity contribution is 6.42. The van der Waals surface area contributed by atoms with Crippen molar-refractivity contribution in [2.75, 3.05) is 32.1 Å². The topological polar surface area (TPSA) is 40.6 Å². The van der Waals surface area contributed by atoms with Crippen molar-refractivity contribution in [1.29, 1.82) is 0 Å². The Morgan fingerprint density at radius 3 is 2.23 bits per heavy atom. The summed E-state index contributed by atoms with van der Waals surface area (Å²) in [5.74, 6) is 0.496. The molecule has 4 nitrogen and oxygen atoms in total. The molecule has 7 heteroatoms. The minimum atomic E-state index is -0.0913. The first-order valence-electron chi connectivity index (χ1n) is 7.11. The van der Waals surface area contributed by atoms with Crippen LogP contribution >= 0.6 is 34.8 Å². The Morgan fingerprint density at radius 1 is 1.00 bits per heavy atom. The molecule has 0 bridgehead atoms. The third-order valence-corrected chi connectivity index (χ3v) is 4.62. The minimum Gasteiger partial charge on any atom is -0.339 e. The van der Waals surface area contributed by atoms with Crippen molar-refractivity contribution >= 4 is 46.6 Å². The van der Waals surface area contributed by atoms with Crippen LogP contribution in [0.25, 0.3) is 0 Å². The summed E-state index contributed by atoms with van der Waals surface area (Å²) >= 11 is 17.4. The van der Waals surface area contributed by atoms with Crippen LogP contribution in [0.15, 0.2) is 18.2 Å². The molecule has 2 amide bonds. The van der Waals surface area contributed by atoms with Crippen molar-refractivity contribution < 1.29 is 9.59 Å². The van der Waals surface area contributed by atoms with Crippen molar-refractivity contribution in [3.05, 3.63) is 33.8 Å². The quantitative estimate of drug-likeness (QED) is 0.770. The van der Waals surface area contributed by atoms with Crippen molar-refractivity contribution in [2.24, 2.45) is 0 Å². The summed E-state index contributed by atoms with van der Waals surface area (Å²) in [7, 11) is 0. The van der Waals surface area contributed by atoms with E-state index in [4.69, 9.17) is 34.8 Å². The van der Waals surface area contributed by atoms with Gasteiger partial charge in [0.25, 0.3) is 5.91 Å². The van der Waals surface area contributed by atoms with Crippen molar-refractivity contribution in [2.45, 2.75) is 12.8 Å². The summed E-state index contributed by atoms with van der Waals surface area (Å²) in [4.78, 5) is 27.8. The van der Waals surface area contributed by atoms with Crippen molar-refractivity contribution in [3.63, 3.8) is 0 Å². The number of piperazine rings is 1. The van der Waals surface area contributed by atoms with Crippen LogP contribution in [-0.4, -0.2) is 53.7 Å². The molecule has 0 aromatic heterocycles. The normalized spacial score (nSPS) is 15.0. The van der Waals surface area contributed by atoms with Crippen LogP contribution in [0.1, 0.15) is 23.2 Å². The molecule has 120 valence electrons. The lowest BCUT2D eigenvalue weighted by atomic mass is 10.1. The van der Waals surface area contributed by atoms with Crippen LogP contribution < -0.4 is 0 Å². The molecular weight excluding hydrogens is 347 g/mol. The van der Waals surface area contributed by atoms with E-state index in [9.17, 15) is 9.59 Å². The molecule has 1 aliphatic heterocycles. The molecule has 1 aromatic rings. The first-order valence-corrected chi connectivity index (χ1v) is 8.40. The molecule has 1 fully saturated rings. The standard InChI is InChI=1S/C15H17Cl3N2O2/c16-5-1-2-14(21)19-6-8-20(9-7-19)15(22)11-3-4-12(17)13(18)10-11/h3-4,10H,1-2,5-9H2. The fraction of sp³-hybridized carbons (Fsp3) is 0.467. The maximum Gasteiger partial charge on any atom is 0.254 e. The Balaban J connectivity index is 1.92. The summed E-state index contributed by atoms with van der Waals surface area (Å²) in [5, 5.41) is 0.787. The predicted molar refractivity (Wildman–Crippen MR) is 88.9 cm³/mol. The number of rotatable bonds is 4. The molecule has 0 spiro atoms. The monoisotopic (exact) mass is 362 g/mol. The van der Waals surface area contributed by atoms with Gasteiger partial charge in [0.05, 0.1) is 10.0 Å². The maximum atomic E-state index is 12.4. The fourth-order valence-electron chi connectivity index (χ4n) is 2.35. The van der Waals surface area contributed by atoms with Gasteiger partial charge in [0.15, 0.2) is 0 Å². The zero-order valence-electron chi connectivity index (χ0n) is 12.0. The van der Waals surface area contributed by atoms with Gasteiger partial charge in [-0.15, -0.1) is 11.6 Å². The van der Waals surface area contributed by atoms with E-state index in [1.807, 2.05) is 0 Å². The number of amides is 2. The summed E-state index contributed by atoms with van der Waals surface area (Å²) in [6.07, 6.45) is 1.15. The SMILES string of the molecule is O=C(CCCCl)N1CCN(C(=O)c2ccc(Cl)c(Cl)c2)CC1. The Labute approximate surface area is 144 Å². The van der Waals surface area contributed by atoms with Gasteiger partial charge in [0.2, 0.25) is 5.91 Å². The molecule has 0 N–H and O–H groups in total. The van der Waals surface area contributed by atoms with E-state index in [-0.39, 0.29) is 11.8 Å². The number of carbonyl (C=O) groups excluding carboxylic acids is 2. The largest absolute Gasteiger partial charge is 0.339 e. The number of halogens is 3. The Kier molecular flexibility index (Phi) is 6.36. The van der Waals surface area contributed by atoms with E-state index < -0.39 is 0 Å². The predicted octanol–water partition coefficient (Wildman–Crippen LogP) is 3.30. The molecule has 22 heavy (non-hydrogen) atoms. The molecule has 1 saturated heterocycles. The summed E-state index contributed by atoms with van der Waals surface area (Å²) in [5.41, 5.74) is 0.510. The third-order valence-electron chi connectivity index (χ3n) is 3.61. The molecule has 1 aliphatic rings. The fourth-order valence-corrected chi connectivity index (χ4v) is 2.78. The molecule has 0 atom stereocenters. The first kappa shape index (κ1) is 17.4. The van der Waals surface area contributed by atoms with Crippen LogP contribution in [0, 0.1) is 0 Å². The maximum absolute atomic E-state index is 12.4. The van der Waals surface area contributed by atoms with Crippen LogP contribution in [-0.2, 0) is 4.79 Å².